The van der Waals surface area contributed by atoms with Crippen molar-refractivity contribution in [3.63, 3.8) is 0 Å². The number of rotatable bonds is 3. The van der Waals surface area contributed by atoms with Gasteiger partial charge in [0.15, 0.2) is 5.82 Å². The second kappa shape index (κ2) is 7.84. The van der Waals surface area contributed by atoms with Crippen molar-refractivity contribution in [2.45, 2.75) is 26.2 Å². The van der Waals surface area contributed by atoms with Gasteiger partial charge in [-0.2, -0.15) is 0 Å². The average Bonchev–Trinajstić information content (AvgIpc) is 2.68. The third kappa shape index (κ3) is 4.06. The molecule has 1 aromatic heterocycles. The Hall–Kier alpha value is -3.15. The van der Waals surface area contributed by atoms with Crippen LogP contribution in [0.25, 0.3) is 10.9 Å². The van der Waals surface area contributed by atoms with E-state index in [0.717, 1.165) is 37.3 Å². The zero-order valence-corrected chi connectivity index (χ0v) is 15.8. The number of aromatic nitrogens is 1. The number of nitrogens with one attached hydrogen (secondary N) is 2. The number of anilines is 3. The molecule has 0 atom stereocenters. The van der Waals surface area contributed by atoms with Gasteiger partial charge >= 0.3 is 6.03 Å². The highest BCUT2D eigenvalue weighted by Crippen LogP contribution is 2.26. The maximum absolute atomic E-state index is 14.7. The molecule has 144 valence electrons. The molecule has 0 saturated carbocycles. The standard InChI is InChI=1S/C22H23FN4O/c1-15-6-5-7-17(12-15)24-22(28)25-18-13-16-8-9-20(26-21(16)19(23)14-18)27-10-3-2-4-11-27/h5-9,12-14H,2-4,10-11H2,1H3,(H2,24,25,28). The van der Waals surface area contributed by atoms with E-state index in [1.165, 1.54) is 12.5 Å². The van der Waals surface area contributed by atoms with Crippen molar-refractivity contribution in [2.75, 3.05) is 28.6 Å². The van der Waals surface area contributed by atoms with Crippen LogP contribution in [0.1, 0.15) is 24.8 Å². The molecule has 0 bridgehead atoms. The second-order valence-electron chi connectivity index (χ2n) is 7.20. The van der Waals surface area contributed by atoms with Gasteiger partial charge in [-0.25, -0.2) is 14.2 Å². The van der Waals surface area contributed by atoms with Gasteiger partial charge in [-0.05, 0) is 68.1 Å². The lowest BCUT2D eigenvalue weighted by molar-refractivity contribution is 0.262. The summed E-state index contributed by atoms with van der Waals surface area (Å²) in [5.74, 6) is 0.367. The van der Waals surface area contributed by atoms with Gasteiger partial charge in [0.2, 0.25) is 0 Å². The van der Waals surface area contributed by atoms with E-state index in [9.17, 15) is 9.18 Å². The number of hydrogen-bond acceptors (Lipinski definition) is 3. The zero-order chi connectivity index (χ0) is 19.5. The summed E-state index contributed by atoms with van der Waals surface area (Å²) in [6.45, 7) is 3.87. The predicted molar refractivity (Wildman–Crippen MR) is 112 cm³/mol. The van der Waals surface area contributed by atoms with Crippen LogP contribution in [0.4, 0.5) is 26.4 Å². The number of carbonyl (C=O) groups excluding carboxylic acids is 1. The third-order valence-corrected chi connectivity index (χ3v) is 4.95. The Labute approximate surface area is 163 Å². The molecule has 2 heterocycles. The van der Waals surface area contributed by atoms with E-state index in [-0.39, 0.29) is 0 Å². The Morgan fingerprint density at radius 1 is 1.00 bits per heavy atom. The smallest absolute Gasteiger partial charge is 0.323 e. The highest BCUT2D eigenvalue weighted by Gasteiger charge is 2.14. The number of pyridine rings is 1. The lowest BCUT2D eigenvalue weighted by Gasteiger charge is -2.27. The minimum Gasteiger partial charge on any atom is -0.357 e. The van der Waals surface area contributed by atoms with Crippen molar-refractivity contribution in [3.8, 4) is 0 Å². The summed E-state index contributed by atoms with van der Waals surface area (Å²) < 4.78 is 14.7. The quantitative estimate of drug-likeness (QED) is 0.649. The van der Waals surface area contributed by atoms with E-state index in [2.05, 4.69) is 20.5 Å². The summed E-state index contributed by atoms with van der Waals surface area (Å²) in [5.41, 5.74) is 2.45. The number of fused-ring (bicyclic) bond motifs is 1. The van der Waals surface area contributed by atoms with Gasteiger partial charge in [-0.1, -0.05) is 12.1 Å². The van der Waals surface area contributed by atoms with E-state index >= 15 is 0 Å². The Kier molecular flexibility index (Phi) is 5.10. The van der Waals surface area contributed by atoms with E-state index < -0.39 is 11.8 Å². The number of carbonyl (C=O) groups is 1. The van der Waals surface area contributed by atoms with Gasteiger partial charge in [0.1, 0.15) is 11.3 Å². The molecule has 1 aliphatic heterocycles. The molecule has 5 nitrogen and oxygen atoms in total. The van der Waals surface area contributed by atoms with Crippen molar-refractivity contribution in [3.05, 3.63) is 59.9 Å². The van der Waals surface area contributed by atoms with Crippen LogP contribution >= 0.6 is 0 Å². The van der Waals surface area contributed by atoms with Gasteiger partial charge in [0, 0.05) is 29.9 Å². The lowest BCUT2D eigenvalue weighted by atomic mass is 10.1. The van der Waals surface area contributed by atoms with Crippen LogP contribution in [0.15, 0.2) is 48.5 Å². The average molecular weight is 378 g/mol. The van der Waals surface area contributed by atoms with Crippen molar-refractivity contribution in [2.24, 2.45) is 0 Å². The van der Waals surface area contributed by atoms with Gasteiger partial charge < -0.3 is 15.5 Å². The fourth-order valence-electron chi connectivity index (χ4n) is 3.57. The van der Waals surface area contributed by atoms with Gasteiger partial charge in [-0.3, -0.25) is 0 Å². The molecular weight excluding hydrogens is 355 g/mol. The summed E-state index contributed by atoms with van der Waals surface area (Å²) in [6.07, 6.45) is 3.51. The number of amides is 2. The molecule has 2 N–H and O–H groups in total. The highest BCUT2D eigenvalue weighted by molar-refractivity contribution is 6.01. The predicted octanol–water partition coefficient (Wildman–Crippen LogP) is 5.32. The fourth-order valence-corrected chi connectivity index (χ4v) is 3.57. The minimum absolute atomic E-state index is 0.327. The topological polar surface area (TPSA) is 57.3 Å². The molecule has 0 unspecified atom stereocenters. The minimum atomic E-state index is -0.442. The third-order valence-electron chi connectivity index (χ3n) is 4.95. The molecule has 6 heteroatoms. The van der Waals surface area contributed by atoms with E-state index in [0.29, 0.717) is 22.3 Å². The summed E-state index contributed by atoms with van der Waals surface area (Å²) in [7, 11) is 0. The Morgan fingerprint density at radius 3 is 2.57 bits per heavy atom. The van der Waals surface area contributed by atoms with Crippen LogP contribution in [0.3, 0.4) is 0 Å². The second-order valence-corrected chi connectivity index (χ2v) is 7.20. The molecule has 1 fully saturated rings. The molecule has 28 heavy (non-hydrogen) atoms. The molecular formula is C22H23FN4O. The number of benzene rings is 2. The summed E-state index contributed by atoms with van der Waals surface area (Å²) in [6, 6.07) is 13.9. The Balaban J connectivity index is 1.52. The fraction of sp³-hybridized carbons (Fsp3) is 0.273. The summed E-state index contributed by atoms with van der Waals surface area (Å²) in [5, 5.41) is 6.11. The Bertz CT molecular complexity index is 1010. The van der Waals surface area contributed by atoms with E-state index in [1.54, 1.807) is 12.1 Å². The number of halogens is 1. The van der Waals surface area contributed by atoms with E-state index in [1.807, 2.05) is 37.3 Å². The number of hydrogen-bond donors (Lipinski definition) is 2. The summed E-state index contributed by atoms with van der Waals surface area (Å²) in [4.78, 5) is 19.0. The monoisotopic (exact) mass is 378 g/mol. The van der Waals surface area contributed by atoms with Gasteiger partial charge in [0.05, 0.1) is 0 Å². The van der Waals surface area contributed by atoms with Crippen molar-refractivity contribution in [1.82, 2.24) is 4.98 Å². The zero-order valence-electron chi connectivity index (χ0n) is 15.8. The largest absolute Gasteiger partial charge is 0.357 e. The van der Waals surface area contributed by atoms with Crippen LogP contribution in [-0.2, 0) is 0 Å². The molecule has 1 aliphatic rings. The molecule has 0 radical (unpaired) electrons. The van der Waals surface area contributed by atoms with Crippen LogP contribution in [0.5, 0.6) is 0 Å². The first-order chi connectivity index (χ1) is 13.6. The van der Waals surface area contributed by atoms with E-state index in [4.69, 9.17) is 0 Å². The maximum atomic E-state index is 14.7. The molecule has 4 rings (SSSR count). The number of urea groups is 1. The van der Waals surface area contributed by atoms with Crippen molar-refractivity contribution in [1.29, 1.82) is 0 Å². The summed E-state index contributed by atoms with van der Waals surface area (Å²) >= 11 is 0. The van der Waals surface area contributed by atoms with Crippen molar-refractivity contribution < 1.29 is 9.18 Å². The molecule has 3 aromatic rings. The first-order valence-electron chi connectivity index (χ1n) is 9.58. The lowest BCUT2D eigenvalue weighted by Crippen LogP contribution is -2.30. The van der Waals surface area contributed by atoms with Crippen molar-refractivity contribution >= 4 is 34.1 Å². The Morgan fingerprint density at radius 2 is 1.79 bits per heavy atom. The number of piperidine rings is 1. The van der Waals surface area contributed by atoms with Crippen LogP contribution in [-0.4, -0.2) is 24.1 Å². The van der Waals surface area contributed by atoms with Crippen LogP contribution in [0.2, 0.25) is 0 Å². The maximum Gasteiger partial charge on any atom is 0.323 e. The molecule has 1 saturated heterocycles. The first kappa shape index (κ1) is 18.2. The van der Waals surface area contributed by atoms with Crippen LogP contribution < -0.4 is 15.5 Å². The molecule has 0 spiro atoms. The van der Waals surface area contributed by atoms with Gasteiger partial charge in [0.25, 0.3) is 0 Å². The number of nitrogens with zero attached hydrogens (tertiary/aromatic N) is 2. The normalized spacial score (nSPS) is 14.1. The van der Waals surface area contributed by atoms with Crippen LogP contribution in [0, 0.1) is 12.7 Å². The molecule has 0 aliphatic carbocycles. The molecule has 2 amide bonds. The first-order valence-corrected chi connectivity index (χ1v) is 9.58. The number of aryl methyl sites for hydroxylation is 1. The SMILES string of the molecule is Cc1cccc(NC(=O)Nc2cc(F)c3nc(N4CCCCC4)ccc3c2)c1. The molecule has 2 aromatic carbocycles. The van der Waals surface area contributed by atoms with Gasteiger partial charge in [-0.15, -0.1) is 0 Å². The highest BCUT2D eigenvalue weighted by atomic mass is 19.1.